The maximum absolute atomic E-state index is 13.0. The summed E-state index contributed by atoms with van der Waals surface area (Å²) in [7, 11) is 0. The average molecular weight is 324 g/mol. The summed E-state index contributed by atoms with van der Waals surface area (Å²) >= 11 is 0. The van der Waals surface area contributed by atoms with E-state index in [4.69, 9.17) is 0 Å². The smallest absolute Gasteiger partial charge is 0.173 e. The van der Waals surface area contributed by atoms with Crippen LogP contribution in [0.5, 0.6) is 0 Å². The van der Waals surface area contributed by atoms with Crippen molar-refractivity contribution >= 4 is 11.6 Å². The highest BCUT2D eigenvalue weighted by atomic mass is 16.2. The predicted octanol–water partition coefficient (Wildman–Crippen LogP) is 5.13. The van der Waals surface area contributed by atoms with Crippen molar-refractivity contribution in [1.29, 1.82) is 0 Å². The van der Waals surface area contributed by atoms with E-state index in [1.54, 1.807) is 0 Å². The third-order valence-electron chi connectivity index (χ3n) is 5.63. The molecule has 2 fully saturated rings. The standard InChI is InChI=1S/C22H28O2/c1-14-10-15(2)20(16(3)11-14)21-19(23)13-18(22(21)24)12-17-8-6-4-5-7-9-17/h10-12,17,21H,4-9,13H2,1-3H3/b18-12-. The lowest BCUT2D eigenvalue weighted by atomic mass is 9.87. The molecule has 0 saturated heterocycles. The molecule has 0 aromatic heterocycles. The van der Waals surface area contributed by atoms with Gasteiger partial charge < -0.3 is 0 Å². The van der Waals surface area contributed by atoms with Gasteiger partial charge in [-0.2, -0.15) is 0 Å². The largest absolute Gasteiger partial charge is 0.298 e. The highest BCUT2D eigenvalue weighted by Gasteiger charge is 2.39. The van der Waals surface area contributed by atoms with Crippen molar-refractivity contribution < 1.29 is 9.59 Å². The lowest BCUT2D eigenvalue weighted by Gasteiger charge is -2.15. The van der Waals surface area contributed by atoms with Gasteiger partial charge in [-0.1, -0.05) is 49.5 Å². The van der Waals surface area contributed by atoms with Crippen LogP contribution in [0.25, 0.3) is 0 Å². The third kappa shape index (κ3) is 3.38. The zero-order chi connectivity index (χ0) is 17.3. The first-order chi connectivity index (χ1) is 11.5. The molecular formula is C22H28O2. The minimum absolute atomic E-state index is 0.0549. The molecule has 128 valence electrons. The Labute approximate surface area is 145 Å². The van der Waals surface area contributed by atoms with Gasteiger partial charge in [0.05, 0.1) is 0 Å². The van der Waals surface area contributed by atoms with Crippen LogP contribution in [-0.2, 0) is 9.59 Å². The van der Waals surface area contributed by atoms with E-state index < -0.39 is 5.92 Å². The van der Waals surface area contributed by atoms with Crippen molar-refractivity contribution in [2.75, 3.05) is 0 Å². The summed E-state index contributed by atoms with van der Waals surface area (Å²) in [5, 5.41) is 0. The van der Waals surface area contributed by atoms with Gasteiger partial charge in [-0.25, -0.2) is 0 Å². The van der Waals surface area contributed by atoms with Crippen molar-refractivity contribution in [2.24, 2.45) is 5.92 Å². The van der Waals surface area contributed by atoms with Crippen LogP contribution >= 0.6 is 0 Å². The van der Waals surface area contributed by atoms with E-state index >= 15 is 0 Å². The Morgan fingerprint density at radius 2 is 1.50 bits per heavy atom. The molecule has 1 aromatic rings. The Morgan fingerprint density at radius 3 is 2.08 bits per heavy atom. The molecule has 2 saturated carbocycles. The van der Waals surface area contributed by atoms with Crippen LogP contribution in [0.15, 0.2) is 23.8 Å². The molecule has 0 radical (unpaired) electrons. The number of benzene rings is 1. The summed E-state index contributed by atoms with van der Waals surface area (Å²) in [5.41, 5.74) is 5.03. The molecule has 2 aliphatic rings. The fraction of sp³-hybridized carbons (Fsp3) is 0.545. The number of aryl methyl sites for hydroxylation is 3. The average Bonchev–Trinajstić information content (AvgIpc) is 2.70. The Bertz CT molecular complexity index is 665. The second-order valence-electron chi connectivity index (χ2n) is 7.70. The molecule has 1 aromatic carbocycles. The quantitative estimate of drug-likeness (QED) is 0.429. The molecule has 0 aliphatic heterocycles. The number of allylic oxidation sites excluding steroid dienone is 2. The second-order valence-corrected chi connectivity index (χ2v) is 7.70. The van der Waals surface area contributed by atoms with Crippen molar-refractivity contribution in [1.82, 2.24) is 0 Å². The van der Waals surface area contributed by atoms with Gasteiger partial charge in [0.25, 0.3) is 0 Å². The molecule has 2 nitrogen and oxygen atoms in total. The number of hydrogen-bond donors (Lipinski definition) is 0. The SMILES string of the molecule is Cc1cc(C)c(C2C(=O)C/C(=C/C3CCCCCC3)C2=O)c(C)c1. The molecule has 24 heavy (non-hydrogen) atoms. The first kappa shape index (κ1) is 17.1. The zero-order valence-electron chi connectivity index (χ0n) is 15.2. The van der Waals surface area contributed by atoms with Crippen LogP contribution in [0.1, 0.15) is 73.1 Å². The molecule has 2 aliphatic carbocycles. The molecule has 1 unspecified atom stereocenters. The van der Waals surface area contributed by atoms with Crippen LogP contribution in [0.4, 0.5) is 0 Å². The fourth-order valence-electron chi connectivity index (χ4n) is 4.55. The van der Waals surface area contributed by atoms with Crippen molar-refractivity contribution in [3.05, 3.63) is 46.0 Å². The Balaban J connectivity index is 1.89. The van der Waals surface area contributed by atoms with Gasteiger partial charge in [-0.3, -0.25) is 9.59 Å². The van der Waals surface area contributed by atoms with Crippen LogP contribution in [0, 0.1) is 26.7 Å². The zero-order valence-corrected chi connectivity index (χ0v) is 15.2. The van der Waals surface area contributed by atoms with Crippen molar-refractivity contribution in [2.45, 2.75) is 71.6 Å². The summed E-state index contributed by atoms with van der Waals surface area (Å²) in [6.45, 7) is 6.09. The molecule has 0 amide bonds. The number of Topliss-reactive ketones (excluding diaryl/α,β-unsaturated/α-hetero) is 2. The van der Waals surface area contributed by atoms with Crippen LogP contribution in [0.2, 0.25) is 0 Å². The van der Waals surface area contributed by atoms with E-state index in [9.17, 15) is 9.59 Å². The van der Waals surface area contributed by atoms with E-state index in [0.29, 0.717) is 12.3 Å². The van der Waals surface area contributed by atoms with E-state index in [0.717, 1.165) is 35.1 Å². The predicted molar refractivity (Wildman–Crippen MR) is 97.3 cm³/mol. The third-order valence-corrected chi connectivity index (χ3v) is 5.63. The summed E-state index contributed by atoms with van der Waals surface area (Å²) in [6, 6.07) is 4.16. The fourth-order valence-corrected chi connectivity index (χ4v) is 4.55. The molecule has 1 atom stereocenters. The number of rotatable bonds is 2. The molecule has 0 bridgehead atoms. The minimum atomic E-state index is -0.567. The number of carbonyl (C=O) groups excluding carboxylic acids is 2. The van der Waals surface area contributed by atoms with E-state index in [-0.39, 0.29) is 11.6 Å². The summed E-state index contributed by atoms with van der Waals surface area (Å²) in [4.78, 5) is 25.6. The van der Waals surface area contributed by atoms with Gasteiger partial charge in [0.15, 0.2) is 11.6 Å². The topological polar surface area (TPSA) is 34.1 Å². The Kier molecular flexibility index (Phi) is 5.03. The highest BCUT2D eigenvalue weighted by Crippen LogP contribution is 2.37. The van der Waals surface area contributed by atoms with Crippen molar-refractivity contribution in [3.63, 3.8) is 0 Å². The lowest BCUT2D eigenvalue weighted by Crippen LogP contribution is -2.15. The van der Waals surface area contributed by atoms with Gasteiger partial charge in [0.2, 0.25) is 0 Å². The maximum atomic E-state index is 13.0. The lowest BCUT2D eigenvalue weighted by molar-refractivity contribution is -0.123. The Morgan fingerprint density at radius 1 is 0.917 bits per heavy atom. The van der Waals surface area contributed by atoms with Crippen LogP contribution < -0.4 is 0 Å². The molecular weight excluding hydrogens is 296 g/mol. The second kappa shape index (κ2) is 7.04. The molecule has 0 spiro atoms. The van der Waals surface area contributed by atoms with E-state index in [2.05, 4.69) is 25.1 Å². The summed E-state index contributed by atoms with van der Waals surface area (Å²) in [5.74, 6) is 0.0510. The number of hydrogen-bond acceptors (Lipinski definition) is 2. The molecule has 2 heteroatoms. The number of ketones is 2. The maximum Gasteiger partial charge on any atom is 0.173 e. The molecule has 0 N–H and O–H groups in total. The Hall–Kier alpha value is -1.70. The highest BCUT2D eigenvalue weighted by molar-refractivity contribution is 6.23. The monoisotopic (exact) mass is 324 g/mol. The molecule has 3 rings (SSSR count). The normalized spacial score (nSPS) is 24.6. The minimum Gasteiger partial charge on any atom is -0.298 e. The van der Waals surface area contributed by atoms with E-state index in [1.807, 2.05) is 13.8 Å². The van der Waals surface area contributed by atoms with Gasteiger partial charge in [0, 0.05) is 6.42 Å². The van der Waals surface area contributed by atoms with E-state index in [1.165, 1.54) is 31.2 Å². The van der Waals surface area contributed by atoms with Gasteiger partial charge in [-0.15, -0.1) is 0 Å². The van der Waals surface area contributed by atoms with Gasteiger partial charge in [0.1, 0.15) is 5.92 Å². The van der Waals surface area contributed by atoms with Crippen LogP contribution in [0.3, 0.4) is 0 Å². The number of carbonyl (C=O) groups is 2. The van der Waals surface area contributed by atoms with Crippen molar-refractivity contribution in [3.8, 4) is 0 Å². The summed E-state index contributed by atoms with van der Waals surface area (Å²) < 4.78 is 0. The summed E-state index contributed by atoms with van der Waals surface area (Å²) in [6.07, 6.45) is 9.90. The molecule has 0 heterocycles. The first-order valence-electron chi connectivity index (χ1n) is 9.32. The van der Waals surface area contributed by atoms with Gasteiger partial charge in [-0.05, 0) is 61.8 Å². The first-order valence-corrected chi connectivity index (χ1v) is 9.32. The van der Waals surface area contributed by atoms with Crippen LogP contribution in [-0.4, -0.2) is 11.6 Å². The van der Waals surface area contributed by atoms with Gasteiger partial charge >= 0.3 is 0 Å².